The van der Waals surface area contributed by atoms with Gasteiger partial charge >= 0.3 is 0 Å². The van der Waals surface area contributed by atoms with Gasteiger partial charge < -0.3 is 5.32 Å². The number of anilines is 1. The summed E-state index contributed by atoms with van der Waals surface area (Å²) in [7, 11) is 0. The molecule has 3 atom stereocenters. The highest BCUT2D eigenvalue weighted by Crippen LogP contribution is 2.41. The molecule has 0 heterocycles. The van der Waals surface area contributed by atoms with Crippen molar-refractivity contribution in [3.63, 3.8) is 0 Å². The fourth-order valence-corrected chi connectivity index (χ4v) is 3.47. The van der Waals surface area contributed by atoms with Crippen LogP contribution in [-0.4, -0.2) is 5.91 Å². The van der Waals surface area contributed by atoms with Gasteiger partial charge in [0.2, 0.25) is 5.91 Å². The minimum atomic E-state index is -0.174. The Balaban J connectivity index is 2.17. The molecule has 1 aromatic rings. The van der Waals surface area contributed by atoms with Gasteiger partial charge in [0.25, 0.3) is 0 Å². The van der Waals surface area contributed by atoms with E-state index in [1.165, 1.54) is 25.3 Å². The largest absolute Gasteiger partial charge is 0.322 e. The fraction of sp³-hybridized carbons (Fsp3) is 0.500. The monoisotopic (exact) mass is 297 g/mol. The molecule has 1 aliphatic rings. The Morgan fingerprint density at radius 2 is 2.09 bits per heavy atom. The molecule has 1 fully saturated rings. The smallest absolute Gasteiger partial charge is 0.247 e. The van der Waals surface area contributed by atoms with Crippen LogP contribution in [0.25, 0.3) is 0 Å². The normalized spacial score (nSPS) is 25.0. The highest BCUT2D eigenvalue weighted by Gasteiger charge is 2.31. The molecule has 0 saturated heterocycles. The standard InChI is InChI=1S/C20H27NO/c1-5-20(22)21-19-9-7-6-8-16(19)13-17-12-15(4)10-11-18(17)14(2)3/h5-9,14-15,17-18H,1,10-12H2,2-4H3,(H,21,22). The summed E-state index contributed by atoms with van der Waals surface area (Å²) in [6.45, 7) is 10.5. The van der Waals surface area contributed by atoms with E-state index >= 15 is 0 Å². The third-order valence-corrected chi connectivity index (χ3v) is 4.73. The Labute approximate surface area is 135 Å². The quantitative estimate of drug-likeness (QED) is 0.766. The molecule has 2 nitrogen and oxygen atoms in total. The van der Waals surface area contributed by atoms with Crippen LogP contribution in [0.5, 0.6) is 0 Å². The van der Waals surface area contributed by atoms with Crippen molar-refractivity contribution in [2.24, 2.45) is 23.7 Å². The van der Waals surface area contributed by atoms with Crippen molar-refractivity contribution in [2.45, 2.75) is 40.0 Å². The maximum absolute atomic E-state index is 11.6. The maximum Gasteiger partial charge on any atom is 0.247 e. The zero-order chi connectivity index (χ0) is 16.1. The van der Waals surface area contributed by atoms with Crippen molar-refractivity contribution in [3.05, 3.63) is 48.9 Å². The van der Waals surface area contributed by atoms with Crippen LogP contribution in [0.2, 0.25) is 0 Å². The van der Waals surface area contributed by atoms with Crippen molar-refractivity contribution in [3.8, 4) is 0 Å². The second-order valence-electron chi connectivity index (χ2n) is 6.82. The molecule has 118 valence electrons. The topological polar surface area (TPSA) is 29.1 Å². The summed E-state index contributed by atoms with van der Waals surface area (Å²) in [5, 5.41) is 2.89. The zero-order valence-corrected chi connectivity index (χ0v) is 13.9. The van der Waals surface area contributed by atoms with E-state index in [2.05, 4.69) is 39.1 Å². The van der Waals surface area contributed by atoms with E-state index in [0.717, 1.165) is 17.2 Å². The first-order valence-corrected chi connectivity index (χ1v) is 8.30. The van der Waals surface area contributed by atoms with Crippen molar-refractivity contribution in [2.75, 3.05) is 5.32 Å². The van der Waals surface area contributed by atoms with Crippen LogP contribution >= 0.6 is 0 Å². The first-order chi connectivity index (χ1) is 10.5. The first-order valence-electron chi connectivity index (χ1n) is 8.30. The molecule has 2 rings (SSSR count). The predicted octanol–water partition coefficient (Wildman–Crippen LogP) is 4.95. The summed E-state index contributed by atoms with van der Waals surface area (Å²) in [6.07, 6.45) is 8.77. The molecular weight excluding hydrogens is 270 g/mol. The van der Waals surface area contributed by atoms with Crippen LogP contribution in [-0.2, 0) is 4.79 Å². The highest BCUT2D eigenvalue weighted by atomic mass is 16.1. The van der Waals surface area contributed by atoms with Crippen molar-refractivity contribution in [1.29, 1.82) is 0 Å². The number of rotatable bonds is 5. The van der Waals surface area contributed by atoms with Gasteiger partial charge in [0.1, 0.15) is 0 Å². The second kappa shape index (κ2) is 7.62. The van der Waals surface area contributed by atoms with Crippen molar-refractivity contribution < 1.29 is 4.79 Å². The summed E-state index contributed by atoms with van der Waals surface area (Å²) in [5.41, 5.74) is 1.83. The molecule has 2 radical (unpaired) electrons. The van der Waals surface area contributed by atoms with Gasteiger partial charge in [-0.05, 0) is 54.2 Å². The third-order valence-electron chi connectivity index (χ3n) is 4.73. The minimum absolute atomic E-state index is 0.174. The SMILES string of the molecule is C=CC(=O)Nc1ccccc1[C]C1CC(C)CCC1C(C)C. The van der Waals surface area contributed by atoms with Crippen LogP contribution in [0, 0.1) is 30.1 Å². The molecule has 3 unspecified atom stereocenters. The summed E-state index contributed by atoms with van der Waals surface area (Å²) in [5.74, 6) is 2.39. The fourth-order valence-electron chi connectivity index (χ4n) is 3.47. The molecule has 0 aromatic heterocycles. The number of hydrogen-bond donors (Lipinski definition) is 1. The van der Waals surface area contributed by atoms with Gasteiger partial charge in [-0.1, -0.05) is 52.0 Å². The van der Waals surface area contributed by atoms with E-state index in [9.17, 15) is 4.79 Å². The molecular formula is C20H27NO. The van der Waals surface area contributed by atoms with Crippen molar-refractivity contribution >= 4 is 11.6 Å². The molecule has 1 amide bonds. The van der Waals surface area contributed by atoms with Gasteiger partial charge in [-0.3, -0.25) is 4.79 Å². The lowest BCUT2D eigenvalue weighted by atomic mass is 9.68. The molecule has 0 aliphatic heterocycles. The molecule has 0 bridgehead atoms. The van der Waals surface area contributed by atoms with E-state index in [0.29, 0.717) is 17.8 Å². The highest BCUT2D eigenvalue weighted by molar-refractivity contribution is 5.99. The lowest BCUT2D eigenvalue weighted by molar-refractivity contribution is -0.111. The molecule has 1 aromatic carbocycles. The van der Waals surface area contributed by atoms with E-state index in [4.69, 9.17) is 0 Å². The number of amides is 1. The number of carbonyl (C=O) groups excluding carboxylic acids is 1. The molecule has 2 heteroatoms. The Bertz CT molecular complexity index is 520. The number of carbonyl (C=O) groups is 1. The Morgan fingerprint density at radius 1 is 1.36 bits per heavy atom. The molecule has 1 aliphatic carbocycles. The molecule has 1 N–H and O–H groups in total. The zero-order valence-electron chi connectivity index (χ0n) is 13.9. The van der Waals surface area contributed by atoms with Gasteiger partial charge in [0.05, 0.1) is 0 Å². The van der Waals surface area contributed by atoms with Gasteiger partial charge in [-0.2, -0.15) is 0 Å². The average molecular weight is 297 g/mol. The van der Waals surface area contributed by atoms with Crippen LogP contribution in [0.1, 0.15) is 45.6 Å². The average Bonchev–Trinajstić information content (AvgIpc) is 2.49. The maximum atomic E-state index is 11.6. The van der Waals surface area contributed by atoms with Crippen LogP contribution in [0.15, 0.2) is 36.9 Å². The molecule has 0 spiro atoms. The Morgan fingerprint density at radius 3 is 2.77 bits per heavy atom. The van der Waals surface area contributed by atoms with E-state index in [-0.39, 0.29) is 5.91 Å². The summed E-state index contributed by atoms with van der Waals surface area (Å²) >= 11 is 0. The number of benzene rings is 1. The Hall–Kier alpha value is -1.57. The second-order valence-corrected chi connectivity index (χ2v) is 6.82. The first kappa shape index (κ1) is 16.8. The number of para-hydroxylation sites is 1. The predicted molar refractivity (Wildman–Crippen MR) is 92.4 cm³/mol. The number of hydrogen-bond acceptors (Lipinski definition) is 1. The van der Waals surface area contributed by atoms with Gasteiger partial charge in [0.15, 0.2) is 0 Å². The summed E-state index contributed by atoms with van der Waals surface area (Å²) in [6, 6.07) is 7.91. The lowest BCUT2D eigenvalue weighted by Gasteiger charge is -2.37. The molecule has 1 saturated carbocycles. The van der Waals surface area contributed by atoms with Gasteiger partial charge in [-0.25, -0.2) is 0 Å². The molecule has 22 heavy (non-hydrogen) atoms. The lowest BCUT2D eigenvalue weighted by Crippen LogP contribution is -2.28. The van der Waals surface area contributed by atoms with E-state index in [1.807, 2.05) is 24.3 Å². The van der Waals surface area contributed by atoms with Crippen molar-refractivity contribution in [1.82, 2.24) is 0 Å². The van der Waals surface area contributed by atoms with E-state index in [1.54, 1.807) is 0 Å². The Kier molecular flexibility index (Phi) is 5.82. The third kappa shape index (κ3) is 4.22. The van der Waals surface area contributed by atoms with Crippen LogP contribution in [0.4, 0.5) is 5.69 Å². The minimum Gasteiger partial charge on any atom is -0.322 e. The van der Waals surface area contributed by atoms with Gasteiger partial charge in [-0.15, -0.1) is 0 Å². The van der Waals surface area contributed by atoms with E-state index < -0.39 is 0 Å². The van der Waals surface area contributed by atoms with Crippen LogP contribution < -0.4 is 5.32 Å². The van der Waals surface area contributed by atoms with Gasteiger partial charge in [0, 0.05) is 12.1 Å². The number of nitrogens with one attached hydrogen (secondary N) is 1. The van der Waals surface area contributed by atoms with Crippen LogP contribution in [0.3, 0.4) is 0 Å². The summed E-state index contributed by atoms with van der Waals surface area (Å²) < 4.78 is 0. The summed E-state index contributed by atoms with van der Waals surface area (Å²) in [4.78, 5) is 11.6.